The molecule has 1 N–H and O–H groups in total. The first-order chi connectivity index (χ1) is 14.7. The molecular formula is C23H22N4O2S. The second kappa shape index (κ2) is 8.01. The van der Waals surface area contributed by atoms with Crippen LogP contribution in [0.4, 0.5) is 0 Å². The number of aromatic amines is 1. The third-order valence-electron chi connectivity index (χ3n) is 5.34. The average molecular weight is 419 g/mol. The molecule has 1 aliphatic heterocycles. The van der Waals surface area contributed by atoms with Gasteiger partial charge in [-0.05, 0) is 31.9 Å². The van der Waals surface area contributed by atoms with E-state index in [1.807, 2.05) is 61.5 Å². The van der Waals surface area contributed by atoms with Crippen LogP contribution < -0.4 is 5.56 Å². The van der Waals surface area contributed by atoms with E-state index < -0.39 is 0 Å². The minimum Gasteiger partial charge on any atom is -0.376 e. The van der Waals surface area contributed by atoms with Crippen LogP contribution in [0.5, 0.6) is 0 Å². The molecule has 0 spiro atoms. The van der Waals surface area contributed by atoms with Gasteiger partial charge in [-0.3, -0.25) is 14.9 Å². The maximum Gasteiger partial charge on any atom is 0.283 e. The highest BCUT2D eigenvalue weighted by Crippen LogP contribution is 2.26. The third-order valence-corrected chi connectivity index (χ3v) is 6.37. The van der Waals surface area contributed by atoms with Gasteiger partial charge in [0, 0.05) is 17.9 Å². The highest BCUT2D eigenvalue weighted by molar-refractivity contribution is 7.20. The highest BCUT2D eigenvalue weighted by Gasteiger charge is 2.22. The molecule has 30 heavy (non-hydrogen) atoms. The molecule has 4 aromatic rings. The Morgan fingerprint density at radius 1 is 1.23 bits per heavy atom. The fraction of sp³-hybridized carbons (Fsp3) is 0.261. The zero-order chi connectivity index (χ0) is 20.5. The Morgan fingerprint density at radius 3 is 2.80 bits per heavy atom. The number of rotatable bonds is 5. The van der Waals surface area contributed by atoms with Gasteiger partial charge in [-0.1, -0.05) is 53.8 Å². The van der Waals surface area contributed by atoms with Gasteiger partial charge in [0.25, 0.3) is 5.56 Å². The summed E-state index contributed by atoms with van der Waals surface area (Å²) in [5.41, 5.74) is 3.74. The normalized spacial score (nSPS) is 17.1. The Balaban J connectivity index is 1.62. The fourth-order valence-electron chi connectivity index (χ4n) is 3.78. The molecule has 3 heterocycles. The maximum absolute atomic E-state index is 13.5. The summed E-state index contributed by atoms with van der Waals surface area (Å²) in [5, 5.41) is 3.91. The highest BCUT2D eigenvalue weighted by atomic mass is 32.1. The maximum atomic E-state index is 13.5. The molecule has 1 saturated heterocycles. The molecule has 1 atom stereocenters. The van der Waals surface area contributed by atoms with Crippen molar-refractivity contribution in [3.8, 4) is 16.4 Å². The van der Waals surface area contributed by atoms with E-state index in [9.17, 15) is 4.79 Å². The Bertz CT molecular complexity index is 1230. The molecule has 1 fully saturated rings. The van der Waals surface area contributed by atoms with Crippen molar-refractivity contribution in [3.05, 3.63) is 70.5 Å². The molecular weight excluding hydrogens is 396 g/mol. The van der Waals surface area contributed by atoms with E-state index in [2.05, 4.69) is 10.1 Å². The van der Waals surface area contributed by atoms with Crippen LogP contribution in [0.1, 0.15) is 25.3 Å². The van der Waals surface area contributed by atoms with E-state index in [0.717, 1.165) is 40.9 Å². The van der Waals surface area contributed by atoms with Gasteiger partial charge in [0.05, 0.1) is 34.1 Å². The lowest BCUT2D eigenvalue weighted by molar-refractivity contribution is 0.118. The van der Waals surface area contributed by atoms with Crippen LogP contribution in [0.15, 0.2) is 64.4 Å². The molecule has 0 aliphatic carbocycles. The average Bonchev–Trinajstić information content (AvgIpc) is 3.51. The number of hydrogen-bond acceptors (Lipinski definition) is 5. The molecule has 0 radical (unpaired) electrons. The van der Waals surface area contributed by atoms with Crippen LogP contribution in [0.25, 0.3) is 26.6 Å². The smallest absolute Gasteiger partial charge is 0.283 e. The number of aliphatic imine (C=N–C) groups is 1. The lowest BCUT2D eigenvalue weighted by atomic mass is 10.1. The van der Waals surface area contributed by atoms with Gasteiger partial charge in [-0.2, -0.15) is 4.68 Å². The van der Waals surface area contributed by atoms with Crippen molar-refractivity contribution in [2.24, 2.45) is 4.99 Å². The third kappa shape index (κ3) is 3.51. The van der Waals surface area contributed by atoms with Gasteiger partial charge in [0.1, 0.15) is 0 Å². The van der Waals surface area contributed by atoms with Gasteiger partial charge in [0.2, 0.25) is 5.13 Å². The Hall–Kier alpha value is -3.03. The molecule has 2 aromatic carbocycles. The number of aromatic nitrogens is 3. The largest absolute Gasteiger partial charge is 0.376 e. The molecule has 152 valence electrons. The van der Waals surface area contributed by atoms with Crippen molar-refractivity contribution in [2.75, 3.05) is 13.2 Å². The summed E-state index contributed by atoms with van der Waals surface area (Å²) in [5.74, 6) is 0. The quantitative estimate of drug-likeness (QED) is 0.487. The number of H-pyrrole nitrogens is 1. The van der Waals surface area contributed by atoms with Crippen molar-refractivity contribution in [2.45, 2.75) is 25.9 Å². The molecule has 2 aromatic heterocycles. The van der Waals surface area contributed by atoms with E-state index in [0.29, 0.717) is 23.0 Å². The van der Waals surface area contributed by atoms with E-state index >= 15 is 0 Å². The summed E-state index contributed by atoms with van der Waals surface area (Å²) in [7, 11) is 0. The summed E-state index contributed by atoms with van der Waals surface area (Å²) in [6.07, 6.45) is 2.24. The van der Waals surface area contributed by atoms with Gasteiger partial charge >= 0.3 is 0 Å². The first-order valence-electron chi connectivity index (χ1n) is 10.1. The molecule has 1 aliphatic rings. The molecule has 6 nitrogen and oxygen atoms in total. The van der Waals surface area contributed by atoms with Crippen LogP contribution >= 0.6 is 11.3 Å². The van der Waals surface area contributed by atoms with Crippen molar-refractivity contribution < 1.29 is 4.74 Å². The van der Waals surface area contributed by atoms with Gasteiger partial charge in [0.15, 0.2) is 0 Å². The van der Waals surface area contributed by atoms with Crippen molar-refractivity contribution in [1.82, 2.24) is 14.8 Å². The van der Waals surface area contributed by atoms with Crippen LogP contribution in [0.3, 0.4) is 0 Å². The minimum atomic E-state index is -0.138. The van der Waals surface area contributed by atoms with Crippen molar-refractivity contribution in [1.29, 1.82) is 0 Å². The molecule has 5 rings (SSSR count). The topological polar surface area (TPSA) is 72.3 Å². The predicted octanol–water partition coefficient (Wildman–Crippen LogP) is 4.43. The standard InChI is InChI=1S/C23H22N4O2S/c1-15(24-14-17-10-7-13-29-17)20-21(16-8-3-2-4-9-16)26-27(22(20)28)23-25-18-11-5-6-12-19(18)30-23/h2-6,8-9,11-12,17,26H,7,10,13-14H2,1H3. The Morgan fingerprint density at radius 2 is 2.03 bits per heavy atom. The monoisotopic (exact) mass is 418 g/mol. The van der Waals surface area contributed by atoms with Crippen LogP contribution in [0.2, 0.25) is 0 Å². The number of thiazole rings is 1. The minimum absolute atomic E-state index is 0.138. The molecule has 7 heteroatoms. The Labute approximate surface area is 177 Å². The van der Waals surface area contributed by atoms with E-state index in [4.69, 9.17) is 9.73 Å². The van der Waals surface area contributed by atoms with Crippen molar-refractivity contribution >= 4 is 27.3 Å². The van der Waals surface area contributed by atoms with Crippen LogP contribution in [0, 0.1) is 0 Å². The summed E-state index contributed by atoms with van der Waals surface area (Å²) in [6, 6.07) is 17.8. The number of nitrogens with zero attached hydrogens (tertiary/aromatic N) is 3. The van der Waals surface area contributed by atoms with Gasteiger partial charge in [-0.25, -0.2) is 4.98 Å². The predicted molar refractivity (Wildman–Crippen MR) is 121 cm³/mol. The second-order valence-corrected chi connectivity index (χ2v) is 8.40. The lowest BCUT2D eigenvalue weighted by Crippen LogP contribution is -2.20. The van der Waals surface area contributed by atoms with Crippen LogP contribution in [-0.4, -0.2) is 39.7 Å². The second-order valence-electron chi connectivity index (χ2n) is 7.39. The summed E-state index contributed by atoms with van der Waals surface area (Å²) in [6.45, 7) is 3.27. The zero-order valence-corrected chi connectivity index (χ0v) is 17.5. The molecule has 0 saturated carbocycles. The Kier molecular flexibility index (Phi) is 5.06. The van der Waals surface area contributed by atoms with Gasteiger partial charge in [-0.15, -0.1) is 0 Å². The van der Waals surface area contributed by atoms with E-state index in [1.54, 1.807) is 0 Å². The summed E-state index contributed by atoms with van der Waals surface area (Å²) >= 11 is 1.49. The number of benzene rings is 2. The SMILES string of the molecule is CC(=NCC1CCCO1)c1c(-c2ccccc2)[nH]n(-c2nc3ccccc3s2)c1=O. The summed E-state index contributed by atoms with van der Waals surface area (Å²) < 4.78 is 8.26. The number of fused-ring (bicyclic) bond motifs is 1. The number of hydrogen-bond donors (Lipinski definition) is 1. The number of nitrogens with one attached hydrogen (secondary N) is 1. The van der Waals surface area contributed by atoms with Crippen LogP contribution in [-0.2, 0) is 4.74 Å². The van der Waals surface area contributed by atoms with E-state index in [-0.39, 0.29) is 11.7 Å². The van der Waals surface area contributed by atoms with Gasteiger partial charge < -0.3 is 4.74 Å². The first kappa shape index (κ1) is 19.0. The summed E-state index contributed by atoms with van der Waals surface area (Å²) in [4.78, 5) is 22.8. The number of para-hydroxylation sites is 1. The van der Waals surface area contributed by atoms with E-state index in [1.165, 1.54) is 16.0 Å². The number of ether oxygens (including phenoxy) is 1. The zero-order valence-electron chi connectivity index (χ0n) is 16.7. The molecule has 0 bridgehead atoms. The fourth-order valence-corrected chi connectivity index (χ4v) is 4.71. The first-order valence-corrected chi connectivity index (χ1v) is 10.9. The van der Waals surface area contributed by atoms with Crippen molar-refractivity contribution in [3.63, 3.8) is 0 Å². The molecule has 0 amide bonds. The lowest BCUT2D eigenvalue weighted by Gasteiger charge is -2.07. The molecule has 1 unspecified atom stereocenters.